The SMILES string of the molecule is NC(=O)CN1CCC[C@@H](C(=O)NCCC2(O)CCCC2)C1. The van der Waals surface area contributed by atoms with Gasteiger partial charge >= 0.3 is 0 Å². The number of nitrogens with one attached hydrogen (secondary N) is 1. The van der Waals surface area contributed by atoms with Crippen LogP contribution in [0.2, 0.25) is 0 Å². The van der Waals surface area contributed by atoms with Crippen molar-refractivity contribution in [2.75, 3.05) is 26.2 Å². The summed E-state index contributed by atoms with van der Waals surface area (Å²) in [6.45, 7) is 2.18. The van der Waals surface area contributed by atoms with Crippen molar-refractivity contribution in [3.63, 3.8) is 0 Å². The van der Waals surface area contributed by atoms with Crippen LogP contribution in [0, 0.1) is 5.92 Å². The number of rotatable bonds is 6. The number of piperidine rings is 1. The van der Waals surface area contributed by atoms with Gasteiger partial charge in [0.1, 0.15) is 0 Å². The van der Waals surface area contributed by atoms with Crippen LogP contribution in [0.25, 0.3) is 0 Å². The van der Waals surface area contributed by atoms with E-state index < -0.39 is 5.60 Å². The molecule has 1 atom stereocenters. The van der Waals surface area contributed by atoms with E-state index in [0.29, 0.717) is 19.5 Å². The van der Waals surface area contributed by atoms with Crippen molar-refractivity contribution in [2.45, 2.75) is 50.5 Å². The van der Waals surface area contributed by atoms with Crippen molar-refractivity contribution in [1.82, 2.24) is 10.2 Å². The fraction of sp³-hybridized carbons (Fsp3) is 0.867. The lowest BCUT2D eigenvalue weighted by atomic mass is 9.96. The molecule has 6 heteroatoms. The third kappa shape index (κ3) is 4.97. The Morgan fingerprint density at radius 3 is 2.67 bits per heavy atom. The molecule has 0 radical (unpaired) electrons. The van der Waals surface area contributed by atoms with Gasteiger partial charge in [-0.2, -0.15) is 0 Å². The number of primary amides is 1. The lowest BCUT2D eigenvalue weighted by Crippen LogP contribution is -2.46. The molecule has 0 spiro atoms. The summed E-state index contributed by atoms with van der Waals surface area (Å²) in [6, 6.07) is 0. The highest BCUT2D eigenvalue weighted by Gasteiger charge is 2.31. The summed E-state index contributed by atoms with van der Waals surface area (Å²) in [7, 11) is 0. The largest absolute Gasteiger partial charge is 0.390 e. The molecule has 2 rings (SSSR count). The molecule has 0 aromatic rings. The van der Waals surface area contributed by atoms with Gasteiger partial charge in [0.15, 0.2) is 0 Å². The van der Waals surface area contributed by atoms with Gasteiger partial charge in [0.05, 0.1) is 18.1 Å². The molecule has 120 valence electrons. The molecule has 0 aromatic carbocycles. The van der Waals surface area contributed by atoms with Crippen LogP contribution in [0.3, 0.4) is 0 Å². The Morgan fingerprint density at radius 1 is 1.29 bits per heavy atom. The van der Waals surface area contributed by atoms with Gasteiger partial charge in [0, 0.05) is 13.1 Å². The first-order valence-corrected chi connectivity index (χ1v) is 7.99. The highest BCUT2D eigenvalue weighted by atomic mass is 16.3. The Hall–Kier alpha value is -1.14. The Bertz CT molecular complexity index is 380. The Labute approximate surface area is 126 Å². The van der Waals surface area contributed by atoms with Crippen molar-refractivity contribution in [2.24, 2.45) is 11.7 Å². The topological polar surface area (TPSA) is 95.7 Å². The number of amides is 2. The minimum absolute atomic E-state index is 0.0331. The molecule has 1 saturated carbocycles. The standard InChI is InChI=1S/C15H27N3O3/c16-13(19)11-18-9-3-4-12(10-18)14(20)17-8-7-15(21)5-1-2-6-15/h12,21H,1-11H2,(H2,16,19)(H,17,20)/t12-/m1/s1. The fourth-order valence-electron chi connectivity index (χ4n) is 3.48. The minimum atomic E-state index is -0.572. The summed E-state index contributed by atoms with van der Waals surface area (Å²) in [5, 5.41) is 13.2. The molecule has 1 saturated heterocycles. The molecule has 6 nitrogen and oxygen atoms in total. The van der Waals surface area contributed by atoms with Crippen molar-refractivity contribution in [3.05, 3.63) is 0 Å². The van der Waals surface area contributed by atoms with Gasteiger partial charge in [-0.3, -0.25) is 14.5 Å². The molecule has 2 aliphatic rings. The third-order valence-electron chi connectivity index (χ3n) is 4.68. The maximum Gasteiger partial charge on any atom is 0.231 e. The summed E-state index contributed by atoms with van der Waals surface area (Å²) in [6.07, 6.45) is 6.25. The van der Waals surface area contributed by atoms with Gasteiger partial charge in [-0.15, -0.1) is 0 Å². The number of nitrogens with two attached hydrogens (primary N) is 1. The van der Waals surface area contributed by atoms with E-state index in [-0.39, 0.29) is 24.3 Å². The minimum Gasteiger partial charge on any atom is -0.390 e. The lowest BCUT2D eigenvalue weighted by Gasteiger charge is -2.31. The molecule has 1 heterocycles. The van der Waals surface area contributed by atoms with Crippen LogP contribution in [0.5, 0.6) is 0 Å². The molecule has 2 amide bonds. The zero-order chi connectivity index (χ0) is 15.3. The summed E-state index contributed by atoms with van der Waals surface area (Å²) < 4.78 is 0. The fourth-order valence-corrected chi connectivity index (χ4v) is 3.48. The van der Waals surface area contributed by atoms with Crippen molar-refractivity contribution in [3.8, 4) is 0 Å². The number of aliphatic hydroxyl groups is 1. The monoisotopic (exact) mass is 297 g/mol. The molecule has 1 aliphatic heterocycles. The Balaban J connectivity index is 1.71. The van der Waals surface area contributed by atoms with E-state index in [9.17, 15) is 14.7 Å². The van der Waals surface area contributed by atoms with E-state index >= 15 is 0 Å². The van der Waals surface area contributed by atoms with E-state index in [1.807, 2.05) is 4.90 Å². The molecule has 0 unspecified atom stereocenters. The zero-order valence-electron chi connectivity index (χ0n) is 12.6. The molecule has 1 aliphatic carbocycles. The maximum atomic E-state index is 12.2. The van der Waals surface area contributed by atoms with Crippen molar-refractivity contribution >= 4 is 11.8 Å². The summed E-state index contributed by atoms with van der Waals surface area (Å²) in [4.78, 5) is 25.1. The highest BCUT2D eigenvalue weighted by molar-refractivity contribution is 5.79. The average molecular weight is 297 g/mol. The van der Waals surface area contributed by atoms with Crippen LogP contribution in [-0.4, -0.2) is 53.6 Å². The van der Waals surface area contributed by atoms with Crippen LogP contribution in [0.15, 0.2) is 0 Å². The molecule has 2 fully saturated rings. The summed E-state index contributed by atoms with van der Waals surface area (Å²) in [5.41, 5.74) is 4.63. The van der Waals surface area contributed by atoms with Gasteiger partial charge < -0.3 is 16.2 Å². The second-order valence-electron chi connectivity index (χ2n) is 6.51. The Kier molecular flexibility index (Phi) is 5.58. The molecule has 0 aromatic heterocycles. The normalized spacial score (nSPS) is 25.7. The number of carbonyl (C=O) groups is 2. The van der Waals surface area contributed by atoms with E-state index in [4.69, 9.17) is 5.73 Å². The molecule has 4 N–H and O–H groups in total. The summed E-state index contributed by atoms with van der Waals surface area (Å²) >= 11 is 0. The van der Waals surface area contributed by atoms with E-state index in [1.54, 1.807) is 0 Å². The third-order valence-corrected chi connectivity index (χ3v) is 4.68. The van der Waals surface area contributed by atoms with E-state index in [2.05, 4.69) is 5.32 Å². The van der Waals surface area contributed by atoms with Crippen molar-refractivity contribution in [1.29, 1.82) is 0 Å². The van der Waals surface area contributed by atoms with Crippen LogP contribution < -0.4 is 11.1 Å². The van der Waals surface area contributed by atoms with Gasteiger partial charge in [-0.25, -0.2) is 0 Å². The second-order valence-corrected chi connectivity index (χ2v) is 6.51. The summed E-state index contributed by atoms with van der Waals surface area (Å²) in [5.74, 6) is -0.387. The van der Waals surface area contributed by atoms with Crippen molar-refractivity contribution < 1.29 is 14.7 Å². The first-order chi connectivity index (χ1) is 9.98. The highest BCUT2D eigenvalue weighted by Crippen LogP contribution is 2.31. The van der Waals surface area contributed by atoms with Gasteiger partial charge in [-0.05, 0) is 38.6 Å². The zero-order valence-corrected chi connectivity index (χ0v) is 12.6. The first kappa shape index (κ1) is 16.2. The van der Waals surface area contributed by atoms with Crippen LogP contribution in [-0.2, 0) is 9.59 Å². The molecule has 0 bridgehead atoms. The maximum absolute atomic E-state index is 12.2. The second kappa shape index (κ2) is 7.22. The molecule has 21 heavy (non-hydrogen) atoms. The predicted molar refractivity (Wildman–Crippen MR) is 79.4 cm³/mol. The number of nitrogens with zero attached hydrogens (tertiary/aromatic N) is 1. The first-order valence-electron chi connectivity index (χ1n) is 7.99. The Morgan fingerprint density at radius 2 is 2.00 bits per heavy atom. The quantitative estimate of drug-likeness (QED) is 0.643. The van der Waals surface area contributed by atoms with Gasteiger partial charge in [0.2, 0.25) is 11.8 Å². The number of hydrogen-bond acceptors (Lipinski definition) is 4. The predicted octanol–water partition coefficient (Wildman–Crippen LogP) is -0.00490. The molecular formula is C15H27N3O3. The van der Waals surface area contributed by atoms with Crippen LogP contribution in [0.1, 0.15) is 44.9 Å². The van der Waals surface area contributed by atoms with Crippen LogP contribution >= 0.6 is 0 Å². The smallest absolute Gasteiger partial charge is 0.231 e. The number of hydrogen-bond donors (Lipinski definition) is 3. The van der Waals surface area contributed by atoms with E-state index in [1.165, 1.54) is 0 Å². The van der Waals surface area contributed by atoms with Crippen LogP contribution in [0.4, 0.5) is 0 Å². The van der Waals surface area contributed by atoms with Gasteiger partial charge in [0.25, 0.3) is 0 Å². The van der Waals surface area contributed by atoms with E-state index in [0.717, 1.165) is 45.1 Å². The average Bonchev–Trinajstić information content (AvgIpc) is 2.85. The lowest BCUT2D eigenvalue weighted by molar-refractivity contribution is -0.128. The molecular weight excluding hydrogens is 270 g/mol. The number of carbonyl (C=O) groups excluding carboxylic acids is 2. The number of likely N-dealkylation sites (tertiary alicyclic amines) is 1. The van der Waals surface area contributed by atoms with Gasteiger partial charge in [-0.1, -0.05) is 12.8 Å².